The van der Waals surface area contributed by atoms with Crippen molar-refractivity contribution in [3.8, 4) is 0 Å². The van der Waals surface area contributed by atoms with E-state index in [9.17, 15) is 9.59 Å². The highest BCUT2D eigenvalue weighted by Gasteiger charge is 2.23. The van der Waals surface area contributed by atoms with E-state index in [4.69, 9.17) is 9.63 Å². The number of carboxylic acid groups (broad SMARTS) is 1. The van der Waals surface area contributed by atoms with Crippen molar-refractivity contribution in [3.63, 3.8) is 0 Å². The number of hydrogen-bond donors (Lipinski definition) is 2. The average Bonchev–Trinajstić information content (AvgIpc) is 3.05. The highest BCUT2D eigenvalue weighted by Crippen LogP contribution is 2.23. The van der Waals surface area contributed by atoms with Gasteiger partial charge in [-0.1, -0.05) is 16.8 Å². The first kappa shape index (κ1) is 15.2. The van der Waals surface area contributed by atoms with Gasteiger partial charge in [0.1, 0.15) is 18.0 Å². The molecule has 0 radical (unpaired) electrons. The van der Waals surface area contributed by atoms with Crippen LogP contribution in [0.1, 0.15) is 46.8 Å². The number of hydrogen-bond acceptors (Lipinski definition) is 6. The largest absolute Gasteiger partial charge is 0.480 e. The van der Waals surface area contributed by atoms with Crippen LogP contribution >= 0.6 is 0 Å². The summed E-state index contributed by atoms with van der Waals surface area (Å²) in [5.74, 6) is -0.513. The molecule has 9 heteroatoms. The van der Waals surface area contributed by atoms with Crippen molar-refractivity contribution in [2.75, 3.05) is 0 Å². The van der Waals surface area contributed by atoms with Crippen LogP contribution in [0.25, 0.3) is 0 Å². The molecule has 0 aliphatic heterocycles. The molecule has 122 valence electrons. The molecular weight excluding hydrogens is 302 g/mol. The van der Waals surface area contributed by atoms with Crippen molar-refractivity contribution >= 4 is 11.9 Å². The number of carbonyl (C=O) groups excluding carboxylic acids is 1. The van der Waals surface area contributed by atoms with Crippen LogP contribution in [0.2, 0.25) is 0 Å². The van der Waals surface area contributed by atoms with E-state index >= 15 is 0 Å². The summed E-state index contributed by atoms with van der Waals surface area (Å²) in [5, 5.41) is 22.8. The predicted molar refractivity (Wildman–Crippen MR) is 76.6 cm³/mol. The number of nitrogens with zero attached hydrogens (tertiary/aromatic N) is 4. The third-order valence-electron chi connectivity index (χ3n) is 3.73. The molecule has 1 aliphatic rings. The van der Waals surface area contributed by atoms with E-state index in [2.05, 4.69) is 20.8 Å². The molecule has 0 fully saturated rings. The van der Waals surface area contributed by atoms with Crippen molar-refractivity contribution in [3.05, 3.63) is 28.9 Å². The van der Waals surface area contributed by atoms with Crippen LogP contribution in [0, 0.1) is 0 Å². The Kier molecular flexibility index (Phi) is 4.35. The van der Waals surface area contributed by atoms with Gasteiger partial charge in [-0.2, -0.15) is 0 Å². The van der Waals surface area contributed by atoms with Gasteiger partial charge in [-0.15, -0.1) is 5.10 Å². The van der Waals surface area contributed by atoms with Gasteiger partial charge < -0.3 is 14.9 Å². The first-order chi connectivity index (χ1) is 11.1. The maximum Gasteiger partial charge on any atom is 0.325 e. The van der Waals surface area contributed by atoms with Crippen molar-refractivity contribution in [2.45, 2.75) is 45.2 Å². The van der Waals surface area contributed by atoms with Gasteiger partial charge in [0.05, 0.1) is 12.7 Å². The van der Waals surface area contributed by atoms with Gasteiger partial charge in [-0.05, 0) is 19.3 Å². The zero-order valence-electron chi connectivity index (χ0n) is 12.5. The zero-order valence-corrected chi connectivity index (χ0v) is 12.5. The molecule has 2 aromatic heterocycles. The lowest BCUT2D eigenvalue weighted by Crippen LogP contribution is -2.24. The van der Waals surface area contributed by atoms with Crippen LogP contribution in [0.15, 0.2) is 10.7 Å². The molecule has 0 aromatic carbocycles. The predicted octanol–water partition coefficient (Wildman–Crippen LogP) is 0.550. The number of nitrogens with one attached hydrogen (secondary N) is 1. The summed E-state index contributed by atoms with van der Waals surface area (Å²) < 4.78 is 6.48. The SMILES string of the molecule is O=C(O)Cn1cc(CNC(=O)c2noc3c2CCCCC3)nn1. The molecule has 2 heterocycles. The second kappa shape index (κ2) is 6.59. The van der Waals surface area contributed by atoms with Crippen molar-refractivity contribution < 1.29 is 19.2 Å². The molecule has 1 aliphatic carbocycles. The van der Waals surface area contributed by atoms with Gasteiger partial charge >= 0.3 is 5.97 Å². The Labute approximate surface area is 131 Å². The fourth-order valence-electron chi connectivity index (χ4n) is 2.63. The molecule has 1 amide bonds. The van der Waals surface area contributed by atoms with Crippen LogP contribution in [0.4, 0.5) is 0 Å². The van der Waals surface area contributed by atoms with Crippen molar-refractivity contribution in [1.29, 1.82) is 0 Å². The molecule has 0 spiro atoms. The minimum Gasteiger partial charge on any atom is -0.480 e. The lowest BCUT2D eigenvalue weighted by Gasteiger charge is -2.02. The molecule has 23 heavy (non-hydrogen) atoms. The summed E-state index contributed by atoms with van der Waals surface area (Å²) in [7, 11) is 0. The highest BCUT2D eigenvalue weighted by atomic mass is 16.5. The Bertz CT molecular complexity index is 721. The van der Waals surface area contributed by atoms with E-state index in [-0.39, 0.29) is 19.0 Å². The summed E-state index contributed by atoms with van der Waals surface area (Å²) in [6, 6.07) is 0. The van der Waals surface area contributed by atoms with Gasteiger partial charge in [0.2, 0.25) is 0 Å². The normalized spacial score (nSPS) is 14.1. The van der Waals surface area contributed by atoms with E-state index in [0.717, 1.165) is 43.4 Å². The minimum atomic E-state index is -1.00. The lowest BCUT2D eigenvalue weighted by atomic mass is 10.1. The van der Waals surface area contributed by atoms with E-state index in [0.29, 0.717) is 11.4 Å². The first-order valence-corrected chi connectivity index (χ1v) is 7.50. The van der Waals surface area contributed by atoms with Crippen LogP contribution in [0.3, 0.4) is 0 Å². The summed E-state index contributed by atoms with van der Waals surface area (Å²) in [4.78, 5) is 22.9. The Hall–Kier alpha value is -2.71. The summed E-state index contributed by atoms with van der Waals surface area (Å²) in [6.45, 7) is -0.113. The van der Waals surface area contributed by atoms with E-state index in [1.807, 2.05) is 0 Å². The molecule has 3 rings (SSSR count). The summed E-state index contributed by atoms with van der Waals surface area (Å²) in [6.07, 6.45) is 6.30. The van der Waals surface area contributed by atoms with Crippen LogP contribution in [0.5, 0.6) is 0 Å². The molecule has 0 saturated heterocycles. The van der Waals surface area contributed by atoms with Gasteiger partial charge in [0, 0.05) is 12.0 Å². The van der Waals surface area contributed by atoms with Crippen molar-refractivity contribution in [1.82, 2.24) is 25.5 Å². The number of aliphatic carboxylic acids is 1. The van der Waals surface area contributed by atoms with Crippen LogP contribution < -0.4 is 5.32 Å². The number of amides is 1. The molecule has 2 aromatic rings. The molecule has 0 unspecified atom stereocenters. The highest BCUT2D eigenvalue weighted by molar-refractivity contribution is 5.93. The smallest absolute Gasteiger partial charge is 0.325 e. The summed E-state index contributed by atoms with van der Waals surface area (Å²) in [5.41, 5.74) is 1.71. The lowest BCUT2D eigenvalue weighted by molar-refractivity contribution is -0.137. The quantitative estimate of drug-likeness (QED) is 0.771. The Morgan fingerprint density at radius 3 is 2.96 bits per heavy atom. The van der Waals surface area contributed by atoms with Gasteiger partial charge in [-0.3, -0.25) is 9.59 Å². The Morgan fingerprint density at radius 1 is 1.30 bits per heavy atom. The van der Waals surface area contributed by atoms with Gasteiger partial charge in [0.25, 0.3) is 5.91 Å². The molecule has 9 nitrogen and oxygen atoms in total. The molecule has 0 saturated carbocycles. The van der Waals surface area contributed by atoms with E-state index in [1.165, 1.54) is 10.9 Å². The minimum absolute atomic E-state index is 0.153. The number of carboxylic acids is 1. The summed E-state index contributed by atoms with van der Waals surface area (Å²) >= 11 is 0. The topological polar surface area (TPSA) is 123 Å². The molecule has 2 N–H and O–H groups in total. The Balaban J connectivity index is 1.62. The van der Waals surface area contributed by atoms with Gasteiger partial charge in [-0.25, -0.2) is 4.68 Å². The molecule has 0 bridgehead atoms. The zero-order chi connectivity index (χ0) is 16.2. The van der Waals surface area contributed by atoms with E-state index in [1.54, 1.807) is 0 Å². The van der Waals surface area contributed by atoms with Crippen molar-refractivity contribution in [2.24, 2.45) is 0 Å². The second-order valence-electron chi connectivity index (χ2n) is 5.48. The molecule has 0 atom stereocenters. The first-order valence-electron chi connectivity index (χ1n) is 7.50. The third kappa shape index (κ3) is 3.55. The van der Waals surface area contributed by atoms with Crippen LogP contribution in [-0.4, -0.2) is 37.1 Å². The number of aryl methyl sites for hydroxylation is 1. The fraction of sp³-hybridized carbons (Fsp3) is 0.500. The maximum atomic E-state index is 12.3. The second-order valence-corrected chi connectivity index (χ2v) is 5.48. The number of fused-ring (bicyclic) bond motifs is 1. The standard InChI is InChI=1S/C14H17N5O4/c20-12(21)8-19-7-9(16-18-19)6-15-14(22)13-10-4-2-1-3-5-11(10)23-17-13/h7H,1-6,8H2,(H,15,22)(H,20,21). The van der Waals surface area contributed by atoms with Crippen LogP contribution in [-0.2, 0) is 30.7 Å². The average molecular weight is 319 g/mol. The molecular formula is C14H17N5O4. The monoisotopic (exact) mass is 319 g/mol. The Morgan fingerprint density at radius 2 is 2.13 bits per heavy atom. The van der Waals surface area contributed by atoms with E-state index < -0.39 is 5.97 Å². The third-order valence-corrected chi connectivity index (χ3v) is 3.73. The number of carbonyl (C=O) groups is 2. The van der Waals surface area contributed by atoms with Gasteiger partial charge in [0.15, 0.2) is 5.69 Å². The maximum absolute atomic E-state index is 12.3. The fourth-order valence-corrected chi connectivity index (χ4v) is 2.63. The number of rotatable bonds is 5. The number of aromatic nitrogens is 4.